The number of quaternary nitrogens is 1. The number of hydrogen-bond donors (Lipinski definition) is 0. The van der Waals surface area contributed by atoms with E-state index < -0.39 is 6.02 Å². The quantitative estimate of drug-likeness (QED) is 0.650. The summed E-state index contributed by atoms with van der Waals surface area (Å²) >= 11 is 0. The summed E-state index contributed by atoms with van der Waals surface area (Å²) in [6.45, 7) is 0.911. The molecule has 0 bridgehead atoms. The molecule has 18 heavy (non-hydrogen) atoms. The Morgan fingerprint density at radius 3 is 2.33 bits per heavy atom. The summed E-state index contributed by atoms with van der Waals surface area (Å²) in [7, 11) is 4.28. The van der Waals surface area contributed by atoms with E-state index in [0.717, 1.165) is 17.7 Å². The van der Waals surface area contributed by atoms with Crippen LogP contribution in [-0.4, -0.2) is 18.6 Å². The molecule has 0 fully saturated rings. The van der Waals surface area contributed by atoms with Gasteiger partial charge in [0.25, 0.3) is 0 Å². The predicted octanol–water partition coefficient (Wildman–Crippen LogP) is 0.370. The van der Waals surface area contributed by atoms with Crippen LogP contribution in [0.3, 0.4) is 0 Å². The fourth-order valence-corrected chi connectivity index (χ4v) is 2.82. The Bertz CT molecular complexity index is 582. The molecule has 1 unspecified atom stereocenters. The van der Waals surface area contributed by atoms with Gasteiger partial charge in [-0.1, -0.05) is 54.6 Å². The first-order valence-electron chi connectivity index (χ1n) is 6.53. The highest BCUT2D eigenvalue weighted by atomic mass is 35.5. The molecule has 94 valence electrons. The van der Waals surface area contributed by atoms with Gasteiger partial charge in [0.2, 0.25) is 0 Å². The average molecular weight is 261 g/mol. The van der Waals surface area contributed by atoms with Gasteiger partial charge in [0.05, 0.1) is 14.1 Å². The zero-order valence-corrected chi connectivity index (χ0v) is 11.5. The van der Waals surface area contributed by atoms with Crippen LogP contribution in [-0.2, 0) is 6.54 Å². The molecule has 2 aromatic carbocycles. The van der Waals surface area contributed by atoms with Crippen LogP contribution in [0.4, 0.5) is 0 Å². The van der Waals surface area contributed by atoms with Gasteiger partial charge in [0.15, 0.2) is 0 Å². The molecule has 0 N–H and O–H groups in total. The minimum atomic E-state index is -0.697. The first kappa shape index (κ1) is 11.8. The van der Waals surface area contributed by atoms with Crippen LogP contribution in [0.15, 0.2) is 54.6 Å². The van der Waals surface area contributed by atoms with Crippen molar-refractivity contribution in [1.82, 2.24) is 0 Å². The van der Waals surface area contributed by atoms with Gasteiger partial charge in [0.1, 0.15) is 13.9 Å². The van der Waals surface area contributed by atoms with E-state index in [2.05, 4.69) is 44.4 Å². The van der Waals surface area contributed by atoms with Crippen molar-refractivity contribution in [3.8, 4) is 0 Å². The van der Waals surface area contributed by atoms with Gasteiger partial charge < -0.3 is 16.9 Å². The molecule has 3 rings (SSSR count). The molecule has 0 aliphatic carbocycles. The summed E-state index contributed by atoms with van der Waals surface area (Å²) < 4.78 is 9.73. The molecule has 1 aliphatic heterocycles. The predicted molar refractivity (Wildman–Crippen MR) is 70.5 cm³/mol. The molecule has 0 radical (unpaired) electrons. The molecule has 0 saturated carbocycles. The first-order valence-corrected chi connectivity index (χ1v) is 6.03. The van der Waals surface area contributed by atoms with E-state index in [4.69, 9.17) is 1.37 Å². The largest absolute Gasteiger partial charge is 1.00 e. The maximum Gasteiger partial charge on any atom is 0.141 e. The molecule has 1 atom stereocenters. The topological polar surface area (TPSA) is 0 Å². The first-order chi connectivity index (χ1) is 8.56. The van der Waals surface area contributed by atoms with E-state index in [1.807, 2.05) is 24.3 Å². The van der Waals surface area contributed by atoms with Crippen LogP contribution in [0.2, 0.25) is 0 Å². The summed E-state index contributed by atoms with van der Waals surface area (Å²) in [4.78, 5) is 0. The second kappa shape index (κ2) is 4.75. The van der Waals surface area contributed by atoms with Crippen LogP contribution >= 0.6 is 0 Å². The highest BCUT2D eigenvalue weighted by molar-refractivity contribution is 5.38. The van der Waals surface area contributed by atoms with E-state index >= 15 is 0 Å². The lowest BCUT2D eigenvalue weighted by atomic mass is 9.97. The van der Waals surface area contributed by atoms with E-state index in [-0.39, 0.29) is 12.4 Å². The van der Waals surface area contributed by atoms with Crippen molar-refractivity contribution >= 4 is 0 Å². The van der Waals surface area contributed by atoms with Crippen molar-refractivity contribution in [2.75, 3.05) is 14.1 Å². The Balaban J connectivity index is 0.00000133. The van der Waals surface area contributed by atoms with E-state index in [1.54, 1.807) is 0 Å². The van der Waals surface area contributed by atoms with Crippen molar-refractivity contribution in [3.05, 3.63) is 71.3 Å². The van der Waals surface area contributed by atoms with Gasteiger partial charge in [0, 0.05) is 16.7 Å². The van der Waals surface area contributed by atoms with Gasteiger partial charge in [-0.2, -0.15) is 0 Å². The van der Waals surface area contributed by atoms with E-state index in [1.165, 1.54) is 5.56 Å². The summed E-state index contributed by atoms with van der Waals surface area (Å²) in [5.74, 6) is 0. The fourth-order valence-electron chi connectivity index (χ4n) is 2.82. The third-order valence-corrected chi connectivity index (χ3v) is 3.49. The van der Waals surface area contributed by atoms with Crippen LogP contribution in [0.1, 0.15) is 24.1 Å². The van der Waals surface area contributed by atoms with Crippen LogP contribution in [0.25, 0.3) is 0 Å². The summed E-state index contributed by atoms with van der Waals surface area (Å²) in [5, 5.41) is 0. The second-order valence-corrected chi connectivity index (χ2v) is 5.21. The molecular formula is C16H18ClN. The Labute approximate surface area is 116 Å². The van der Waals surface area contributed by atoms with Crippen molar-refractivity contribution in [2.45, 2.75) is 12.6 Å². The van der Waals surface area contributed by atoms with Gasteiger partial charge in [-0.25, -0.2) is 0 Å². The normalized spacial score (nSPS) is 24.9. The molecule has 1 heterocycles. The Hall–Kier alpha value is -1.31. The maximum absolute atomic E-state index is 9.08. The van der Waals surface area contributed by atoms with Crippen LogP contribution < -0.4 is 12.4 Å². The minimum Gasteiger partial charge on any atom is -1.00 e. The standard InChI is InChI=1S/C16H18N.ClH/c1-17(2)12-14-10-6-7-11-15(14)16(17)13-8-4-3-5-9-13;/h3-11,16H,12H2,1-2H3;1H/q+1;/p-1/i16D;. The lowest BCUT2D eigenvalue weighted by Gasteiger charge is -2.32. The fraction of sp³-hybridized carbons (Fsp3) is 0.250. The second-order valence-electron chi connectivity index (χ2n) is 5.21. The minimum absolute atomic E-state index is 0. The van der Waals surface area contributed by atoms with Gasteiger partial charge >= 0.3 is 0 Å². The highest BCUT2D eigenvalue weighted by Crippen LogP contribution is 2.41. The molecule has 1 aliphatic rings. The van der Waals surface area contributed by atoms with Crippen LogP contribution in [0.5, 0.6) is 0 Å². The van der Waals surface area contributed by atoms with Crippen molar-refractivity contribution in [3.63, 3.8) is 0 Å². The molecule has 2 aromatic rings. The molecule has 0 saturated heterocycles. The molecule has 0 amide bonds. The van der Waals surface area contributed by atoms with Gasteiger partial charge in [-0.3, -0.25) is 0 Å². The third-order valence-electron chi connectivity index (χ3n) is 3.49. The Kier molecular flexibility index (Phi) is 3.11. The Morgan fingerprint density at radius 2 is 1.61 bits per heavy atom. The molecule has 0 spiro atoms. The molecule has 0 aromatic heterocycles. The van der Waals surface area contributed by atoms with Crippen molar-refractivity contribution < 1.29 is 18.3 Å². The van der Waals surface area contributed by atoms with E-state index in [9.17, 15) is 0 Å². The van der Waals surface area contributed by atoms with Crippen LogP contribution in [0, 0.1) is 0 Å². The maximum atomic E-state index is 9.08. The number of hydrogen-bond acceptors (Lipinski definition) is 0. The Morgan fingerprint density at radius 1 is 1.00 bits per heavy atom. The monoisotopic (exact) mass is 260 g/mol. The summed E-state index contributed by atoms with van der Waals surface area (Å²) in [5.41, 5.74) is 3.50. The van der Waals surface area contributed by atoms with E-state index in [0.29, 0.717) is 4.48 Å². The molecule has 1 nitrogen and oxygen atoms in total. The lowest BCUT2D eigenvalue weighted by molar-refractivity contribution is -0.921. The third kappa shape index (κ3) is 2.05. The van der Waals surface area contributed by atoms with Crippen molar-refractivity contribution in [1.29, 1.82) is 0 Å². The van der Waals surface area contributed by atoms with Gasteiger partial charge in [-0.05, 0) is 0 Å². The highest BCUT2D eigenvalue weighted by Gasteiger charge is 2.39. The number of nitrogens with zero attached hydrogens (tertiary/aromatic N) is 1. The lowest BCUT2D eigenvalue weighted by Crippen LogP contribution is -3.00. The molecular weight excluding hydrogens is 242 g/mol. The zero-order valence-electron chi connectivity index (χ0n) is 11.7. The van der Waals surface area contributed by atoms with Gasteiger partial charge in [-0.15, -0.1) is 0 Å². The zero-order chi connectivity index (χ0) is 12.8. The number of halogens is 1. The summed E-state index contributed by atoms with van der Waals surface area (Å²) in [6, 6.07) is 17.8. The molecule has 2 heteroatoms. The average Bonchev–Trinajstić information content (AvgIpc) is 2.59. The van der Waals surface area contributed by atoms with Crippen molar-refractivity contribution in [2.24, 2.45) is 0 Å². The summed E-state index contributed by atoms with van der Waals surface area (Å²) in [6.07, 6.45) is 0. The smallest absolute Gasteiger partial charge is 0.141 e. The number of fused-ring (bicyclic) bond motifs is 1. The number of benzene rings is 2. The number of rotatable bonds is 1. The SMILES string of the molecule is [2H]C1(c2ccccc2)c2ccccc2C[N+]1(C)C.[Cl-].